The second-order valence-electron chi connectivity index (χ2n) is 21.1. The largest absolute Gasteiger partial charge is 0.481 e. The molecule has 4 aliphatic rings. The first kappa shape index (κ1) is 50.5. The number of ether oxygens (including phenoxy) is 2. The van der Waals surface area contributed by atoms with Gasteiger partial charge in [0.1, 0.15) is 11.5 Å². The summed E-state index contributed by atoms with van der Waals surface area (Å²) in [6.07, 6.45) is 22.6. The molecule has 2 aromatic carbocycles. The molecule has 11 heteroatoms. The van der Waals surface area contributed by atoms with E-state index < -0.39 is 28.9 Å². The van der Waals surface area contributed by atoms with Crippen molar-refractivity contribution in [1.29, 1.82) is 0 Å². The van der Waals surface area contributed by atoms with E-state index in [9.17, 15) is 29.4 Å². The van der Waals surface area contributed by atoms with Crippen LogP contribution in [-0.4, -0.2) is 66.9 Å². The van der Waals surface area contributed by atoms with E-state index in [4.69, 9.17) is 9.47 Å². The van der Waals surface area contributed by atoms with Crippen LogP contribution in [-0.2, 0) is 38.1 Å². The highest BCUT2D eigenvalue weighted by atomic mass is 16.6. The zero-order valence-corrected chi connectivity index (χ0v) is 40.3. The third-order valence-corrected chi connectivity index (χ3v) is 16.6. The predicted molar refractivity (Wildman–Crippen MR) is 256 cm³/mol. The minimum absolute atomic E-state index is 0.0613. The minimum atomic E-state index is -0.731. The number of carboxylic acids is 2. The summed E-state index contributed by atoms with van der Waals surface area (Å²) >= 11 is 0. The van der Waals surface area contributed by atoms with Gasteiger partial charge in [-0.3, -0.25) is 14.4 Å². The Morgan fingerprint density at radius 1 is 0.554 bits per heavy atom. The number of carbonyl (C=O) groups excluding carboxylic acids is 2. The quantitative estimate of drug-likeness (QED) is 0.0368. The third-order valence-electron chi connectivity index (χ3n) is 16.6. The molecule has 6 rings (SSSR count). The second-order valence-corrected chi connectivity index (χ2v) is 21.1. The highest BCUT2D eigenvalue weighted by Crippen LogP contribution is 2.59. The summed E-state index contributed by atoms with van der Waals surface area (Å²) in [4.78, 5) is 49.9. The van der Waals surface area contributed by atoms with E-state index in [2.05, 4.69) is 41.9 Å². The van der Waals surface area contributed by atoms with Crippen LogP contribution in [0.5, 0.6) is 11.5 Å². The van der Waals surface area contributed by atoms with E-state index in [0.717, 1.165) is 109 Å². The van der Waals surface area contributed by atoms with E-state index in [1.54, 1.807) is 0 Å². The summed E-state index contributed by atoms with van der Waals surface area (Å²) < 4.78 is 11.5. The van der Waals surface area contributed by atoms with Gasteiger partial charge >= 0.3 is 24.0 Å². The summed E-state index contributed by atoms with van der Waals surface area (Å²) in [6.45, 7) is 12.4. The molecule has 0 radical (unpaired) electrons. The van der Waals surface area contributed by atoms with Gasteiger partial charge in [0.2, 0.25) is 0 Å². The van der Waals surface area contributed by atoms with Crippen molar-refractivity contribution in [2.75, 3.05) is 32.7 Å². The number of esters is 1. The molecule has 0 aromatic heterocycles. The van der Waals surface area contributed by atoms with Crippen LogP contribution in [0.2, 0.25) is 0 Å². The molecular formula is C54H81N3O8. The first-order valence-corrected chi connectivity index (χ1v) is 25.5. The number of nitrogens with one attached hydrogen (secondary N) is 3. The molecule has 65 heavy (non-hydrogen) atoms. The maximum atomic E-state index is 12.7. The number of aliphatic carboxylic acids is 2. The molecule has 2 saturated carbocycles. The van der Waals surface area contributed by atoms with Crippen molar-refractivity contribution in [2.45, 2.75) is 186 Å². The molecule has 2 aromatic rings. The molecule has 4 aliphatic carbocycles. The van der Waals surface area contributed by atoms with E-state index in [-0.39, 0.29) is 28.6 Å². The Morgan fingerprint density at radius 2 is 0.985 bits per heavy atom. The Kier molecular flexibility index (Phi) is 18.0. The standard InChI is InChI=1S/C54H81N3O8/c1-51-28-16-30-53(3,48(59)60)45(51)26-22-39-20-24-41(37-43(39)51)64-47(58)19-15-34-55-32-13-11-9-7-5-6-8-10-12-14-33-56-35-18-36-57-50(63)65-42-25-21-40-23-27-46-52(2,44(40)38-42)29-17-31-54(46,4)49(61)62/h20-21,24-25,37-38,45-46,55-56H,5-19,22-23,26-36H2,1-4H3,(H,57,63)(H,59,60)(H,61,62)/t45-,46-,51-,52-,53+,54+/m1/s1. The number of carboxylic acid groups (broad SMARTS) is 2. The monoisotopic (exact) mass is 900 g/mol. The lowest BCUT2D eigenvalue weighted by molar-refractivity contribution is -0.158. The topological polar surface area (TPSA) is 163 Å². The van der Waals surface area contributed by atoms with Gasteiger partial charge in [0.25, 0.3) is 0 Å². The maximum Gasteiger partial charge on any atom is 0.412 e. The molecule has 0 unspecified atom stereocenters. The van der Waals surface area contributed by atoms with E-state index in [1.807, 2.05) is 38.1 Å². The van der Waals surface area contributed by atoms with Gasteiger partial charge < -0.3 is 35.6 Å². The van der Waals surface area contributed by atoms with E-state index in [0.29, 0.717) is 30.9 Å². The van der Waals surface area contributed by atoms with Crippen molar-refractivity contribution in [1.82, 2.24) is 16.0 Å². The zero-order chi connectivity index (χ0) is 46.5. The Labute approximate surface area is 389 Å². The van der Waals surface area contributed by atoms with Gasteiger partial charge in [-0.2, -0.15) is 0 Å². The van der Waals surface area contributed by atoms with Gasteiger partial charge in [-0.25, -0.2) is 4.79 Å². The highest BCUT2D eigenvalue weighted by Gasteiger charge is 2.56. The normalized spacial score (nSPS) is 26.8. The molecule has 6 atom stereocenters. The first-order chi connectivity index (χ1) is 31.2. The third kappa shape index (κ3) is 12.3. The lowest BCUT2D eigenvalue weighted by Gasteiger charge is -2.53. The van der Waals surface area contributed by atoms with Crippen molar-refractivity contribution in [3.05, 3.63) is 58.7 Å². The molecule has 0 bridgehead atoms. The van der Waals surface area contributed by atoms with Crippen LogP contribution in [0.1, 0.15) is 185 Å². The number of hydrogen-bond acceptors (Lipinski definition) is 8. The number of rotatable bonds is 25. The number of amides is 1. The molecule has 1 amide bonds. The fraction of sp³-hybridized carbons (Fsp3) is 0.704. The van der Waals surface area contributed by atoms with Gasteiger partial charge in [-0.1, -0.05) is 90.2 Å². The van der Waals surface area contributed by atoms with Crippen LogP contribution < -0.4 is 25.4 Å². The van der Waals surface area contributed by atoms with Gasteiger partial charge in [0.15, 0.2) is 0 Å². The average Bonchev–Trinajstić information content (AvgIpc) is 3.27. The number of fused-ring (bicyclic) bond motifs is 6. The molecule has 2 fully saturated rings. The minimum Gasteiger partial charge on any atom is -0.481 e. The van der Waals surface area contributed by atoms with Crippen LogP contribution in [0.3, 0.4) is 0 Å². The van der Waals surface area contributed by atoms with Gasteiger partial charge in [0.05, 0.1) is 10.8 Å². The Bertz CT molecular complexity index is 1800. The predicted octanol–water partition coefficient (Wildman–Crippen LogP) is 10.8. The highest BCUT2D eigenvalue weighted by molar-refractivity contribution is 5.76. The molecule has 0 heterocycles. The van der Waals surface area contributed by atoms with Crippen molar-refractivity contribution >= 4 is 24.0 Å². The number of benzene rings is 2. The molecule has 5 N–H and O–H groups in total. The van der Waals surface area contributed by atoms with Crippen LogP contribution in [0.15, 0.2) is 36.4 Å². The van der Waals surface area contributed by atoms with Crippen molar-refractivity contribution in [3.8, 4) is 11.5 Å². The number of carbonyl (C=O) groups is 4. The summed E-state index contributed by atoms with van der Waals surface area (Å²) in [5.74, 6) is -0.381. The number of unbranched alkanes of at least 4 members (excludes halogenated alkanes) is 9. The maximum absolute atomic E-state index is 12.7. The lowest BCUT2D eigenvalue weighted by Crippen LogP contribution is -2.52. The van der Waals surface area contributed by atoms with Crippen LogP contribution >= 0.6 is 0 Å². The zero-order valence-electron chi connectivity index (χ0n) is 40.3. The Balaban J connectivity index is 0.710. The van der Waals surface area contributed by atoms with E-state index in [1.165, 1.54) is 74.5 Å². The molecule has 360 valence electrons. The average molecular weight is 900 g/mol. The molecule has 0 aliphatic heterocycles. The Morgan fingerprint density at radius 3 is 1.46 bits per heavy atom. The number of hydrogen-bond donors (Lipinski definition) is 5. The smallest absolute Gasteiger partial charge is 0.412 e. The molecular weight excluding hydrogens is 819 g/mol. The fourth-order valence-corrected chi connectivity index (χ4v) is 12.8. The van der Waals surface area contributed by atoms with Crippen LogP contribution in [0, 0.1) is 22.7 Å². The van der Waals surface area contributed by atoms with Crippen LogP contribution in [0.25, 0.3) is 0 Å². The van der Waals surface area contributed by atoms with E-state index >= 15 is 0 Å². The SMILES string of the molecule is C[C@]1(C(=O)O)CCC[C@]2(C)c3cc(OC(=O)CCCNCCCCCCCCCCCCNCCCNC(=O)Oc4ccc5c(c4)[C@@]4(C)CCC[C@](C)(C(=O)O)[C@@H]4CC5)ccc3CC[C@@H]12. The van der Waals surface area contributed by atoms with Crippen molar-refractivity contribution < 1.29 is 38.9 Å². The summed E-state index contributed by atoms with van der Waals surface area (Å²) in [5.41, 5.74) is 2.89. The Hall–Kier alpha value is -3.96. The fourth-order valence-electron chi connectivity index (χ4n) is 12.8. The number of aryl methyl sites for hydroxylation is 2. The van der Waals surface area contributed by atoms with Crippen LogP contribution in [0.4, 0.5) is 4.79 Å². The van der Waals surface area contributed by atoms with Gasteiger partial charge in [0, 0.05) is 13.0 Å². The summed E-state index contributed by atoms with van der Waals surface area (Å²) in [6, 6.07) is 11.9. The molecule has 0 spiro atoms. The molecule has 11 nitrogen and oxygen atoms in total. The lowest BCUT2D eigenvalue weighted by atomic mass is 9.50. The molecule has 0 saturated heterocycles. The first-order valence-electron chi connectivity index (χ1n) is 25.5. The van der Waals surface area contributed by atoms with Crippen molar-refractivity contribution in [3.63, 3.8) is 0 Å². The van der Waals surface area contributed by atoms with Crippen molar-refractivity contribution in [2.24, 2.45) is 22.7 Å². The van der Waals surface area contributed by atoms with Gasteiger partial charge in [-0.05, 0) is 186 Å². The van der Waals surface area contributed by atoms with Gasteiger partial charge in [-0.15, -0.1) is 0 Å². The summed E-state index contributed by atoms with van der Waals surface area (Å²) in [7, 11) is 0. The second kappa shape index (κ2) is 23.2. The summed E-state index contributed by atoms with van der Waals surface area (Å²) in [5, 5.41) is 30.1.